The molecule has 1 heterocycles. The predicted octanol–water partition coefficient (Wildman–Crippen LogP) is 2.22. The summed E-state index contributed by atoms with van der Waals surface area (Å²) in [5, 5.41) is 14.9. The van der Waals surface area contributed by atoms with Crippen molar-refractivity contribution >= 4 is 23.8 Å². The van der Waals surface area contributed by atoms with Crippen LogP contribution in [0.3, 0.4) is 0 Å². The molecule has 2 rings (SSSR count). The van der Waals surface area contributed by atoms with Crippen LogP contribution in [0.5, 0.6) is 0 Å². The van der Waals surface area contributed by atoms with Crippen LogP contribution >= 0.6 is 11.8 Å². The molecule has 1 saturated carbocycles. The molecular formula is C14H24N2O3S. The standard InChI is InChI=1S/C14H24N2O3S/c17-12(18)9-14(5-1-2-6-14)16-13(19)15-10-11-3-7-20-8-4-11/h11H,1-10H2,(H,17,18)(H2,15,16,19). The third-order valence-electron chi connectivity index (χ3n) is 4.32. The number of carboxylic acid groups (broad SMARTS) is 1. The molecule has 3 N–H and O–H groups in total. The van der Waals surface area contributed by atoms with Crippen LogP contribution in [0.1, 0.15) is 44.9 Å². The van der Waals surface area contributed by atoms with Crippen LogP contribution in [0.15, 0.2) is 0 Å². The number of hydrogen-bond donors (Lipinski definition) is 3. The molecule has 1 aliphatic heterocycles. The van der Waals surface area contributed by atoms with Gasteiger partial charge in [-0.2, -0.15) is 11.8 Å². The van der Waals surface area contributed by atoms with Gasteiger partial charge in [0.05, 0.1) is 12.0 Å². The Bertz CT molecular complexity index is 350. The van der Waals surface area contributed by atoms with Crippen molar-refractivity contribution in [2.75, 3.05) is 18.1 Å². The second-order valence-electron chi connectivity index (χ2n) is 5.95. The summed E-state index contributed by atoms with van der Waals surface area (Å²) < 4.78 is 0. The molecule has 0 aromatic rings. The molecule has 0 unspecified atom stereocenters. The molecular weight excluding hydrogens is 276 g/mol. The fourth-order valence-corrected chi connectivity index (χ4v) is 4.36. The fraction of sp³-hybridized carbons (Fsp3) is 0.857. The Kier molecular flexibility index (Phi) is 5.57. The number of aliphatic carboxylic acids is 1. The lowest BCUT2D eigenvalue weighted by atomic mass is 9.93. The third-order valence-corrected chi connectivity index (χ3v) is 5.37. The molecule has 0 spiro atoms. The molecule has 1 saturated heterocycles. The number of thioether (sulfide) groups is 1. The van der Waals surface area contributed by atoms with Crippen molar-refractivity contribution < 1.29 is 14.7 Å². The SMILES string of the molecule is O=C(O)CC1(NC(=O)NCC2CCSCC2)CCCC1. The highest BCUT2D eigenvalue weighted by molar-refractivity contribution is 7.99. The lowest BCUT2D eigenvalue weighted by Crippen LogP contribution is -2.52. The van der Waals surface area contributed by atoms with Gasteiger partial charge >= 0.3 is 12.0 Å². The zero-order chi connectivity index (χ0) is 14.4. The summed E-state index contributed by atoms with van der Waals surface area (Å²) in [6.07, 6.45) is 5.87. The van der Waals surface area contributed by atoms with Gasteiger partial charge < -0.3 is 15.7 Å². The highest BCUT2D eigenvalue weighted by atomic mass is 32.2. The summed E-state index contributed by atoms with van der Waals surface area (Å²) in [6.45, 7) is 0.704. The topological polar surface area (TPSA) is 78.4 Å². The fourth-order valence-electron chi connectivity index (χ4n) is 3.16. The van der Waals surface area contributed by atoms with Crippen LogP contribution in [0.4, 0.5) is 4.79 Å². The van der Waals surface area contributed by atoms with Gasteiger partial charge in [-0.3, -0.25) is 4.79 Å². The monoisotopic (exact) mass is 300 g/mol. The van der Waals surface area contributed by atoms with Crippen molar-refractivity contribution in [2.24, 2.45) is 5.92 Å². The van der Waals surface area contributed by atoms with E-state index in [1.54, 1.807) is 0 Å². The summed E-state index contributed by atoms with van der Waals surface area (Å²) in [5.41, 5.74) is -0.529. The van der Waals surface area contributed by atoms with Crippen LogP contribution < -0.4 is 10.6 Å². The van der Waals surface area contributed by atoms with Crippen LogP contribution in [-0.2, 0) is 4.79 Å². The van der Waals surface area contributed by atoms with E-state index in [4.69, 9.17) is 5.11 Å². The molecule has 2 fully saturated rings. The second kappa shape index (κ2) is 7.20. The van der Waals surface area contributed by atoms with Crippen molar-refractivity contribution in [1.29, 1.82) is 0 Å². The Morgan fingerprint density at radius 2 is 1.85 bits per heavy atom. The third kappa shape index (κ3) is 4.58. The van der Waals surface area contributed by atoms with Gasteiger partial charge in [0.1, 0.15) is 0 Å². The second-order valence-corrected chi connectivity index (χ2v) is 7.17. The lowest BCUT2D eigenvalue weighted by molar-refractivity contribution is -0.138. The number of rotatable bonds is 5. The molecule has 0 aromatic carbocycles. The van der Waals surface area contributed by atoms with Crippen molar-refractivity contribution in [3.05, 3.63) is 0 Å². The summed E-state index contributed by atoms with van der Waals surface area (Å²) in [4.78, 5) is 23.0. The van der Waals surface area contributed by atoms with E-state index in [0.717, 1.165) is 38.5 Å². The van der Waals surface area contributed by atoms with E-state index in [-0.39, 0.29) is 12.5 Å². The maximum atomic E-state index is 12.0. The molecule has 2 amide bonds. The van der Waals surface area contributed by atoms with E-state index in [2.05, 4.69) is 10.6 Å². The smallest absolute Gasteiger partial charge is 0.315 e. The quantitative estimate of drug-likeness (QED) is 0.727. The van der Waals surface area contributed by atoms with Crippen LogP contribution in [0.25, 0.3) is 0 Å². The van der Waals surface area contributed by atoms with Gasteiger partial charge in [-0.05, 0) is 43.1 Å². The number of hydrogen-bond acceptors (Lipinski definition) is 3. The van der Waals surface area contributed by atoms with E-state index in [1.807, 2.05) is 11.8 Å². The van der Waals surface area contributed by atoms with E-state index in [0.29, 0.717) is 12.5 Å². The van der Waals surface area contributed by atoms with Crippen molar-refractivity contribution in [2.45, 2.75) is 50.5 Å². The molecule has 6 heteroatoms. The molecule has 1 aliphatic carbocycles. The highest BCUT2D eigenvalue weighted by Gasteiger charge is 2.37. The molecule has 0 radical (unpaired) electrons. The first-order valence-electron chi connectivity index (χ1n) is 7.45. The summed E-state index contributed by atoms with van der Waals surface area (Å²) >= 11 is 1.97. The Hall–Kier alpha value is -0.910. The molecule has 114 valence electrons. The van der Waals surface area contributed by atoms with Gasteiger partial charge in [-0.1, -0.05) is 12.8 Å². The largest absolute Gasteiger partial charge is 0.481 e. The molecule has 0 bridgehead atoms. The Morgan fingerprint density at radius 1 is 1.20 bits per heavy atom. The van der Waals surface area contributed by atoms with E-state index >= 15 is 0 Å². The maximum Gasteiger partial charge on any atom is 0.315 e. The zero-order valence-electron chi connectivity index (χ0n) is 11.8. The predicted molar refractivity (Wildman–Crippen MR) is 80.0 cm³/mol. The van der Waals surface area contributed by atoms with Gasteiger partial charge in [0.15, 0.2) is 0 Å². The molecule has 5 nitrogen and oxygen atoms in total. The maximum absolute atomic E-state index is 12.0. The summed E-state index contributed by atoms with van der Waals surface area (Å²) in [6, 6.07) is -0.202. The summed E-state index contributed by atoms with van der Waals surface area (Å²) in [5.74, 6) is 2.09. The lowest BCUT2D eigenvalue weighted by Gasteiger charge is -2.29. The van der Waals surface area contributed by atoms with Gasteiger partial charge in [-0.15, -0.1) is 0 Å². The normalized spacial score (nSPS) is 22.4. The van der Waals surface area contributed by atoms with E-state index in [9.17, 15) is 9.59 Å². The Labute approximate surface area is 124 Å². The van der Waals surface area contributed by atoms with Gasteiger partial charge in [0, 0.05) is 6.54 Å². The number of amides is 2. The number of urea groups is 1. The van der Waals surface area contributed by atoms with E-state index in [1.165, 1.54) is 11.5 Å². The highest BCUT2D eigenvalue weighted by Crippen LogP contribution is 2.32. The Morgan fingerprint density at radius 3 is 2.45 bits per heavy atom. The van der Waals surface area contributed by atoms with Crippen LogP contribution in [0, 0.1) is 5.92 Å². The average Bonchev–Trinajstić information content (AvgIpc) is 2.85. The Balaban J connectivity index is 1.77. The first-order valence-corrected chi connectivity index (χ1v) is 8.61. The minimum absolute atomic E-state index is 0.0283. The first kappa shape index (κ1) is 15.5. The van der Waals surface area contributed by atoms with Gasteiger partial charge in [0.25, 0.3) is 0 Å². The zero-order valence-corrected chi connectivity index (χ0v) is 12.6. The van der Waals surface area contributed by atoms with Crippen LogP contribution in [0.2, 0.25) is 0 Å². The van der Waals surface area contributed by atoms with Gasteiger partial charge in [0.2, 0.25) is 0 Å². The molecule has 20 heavy (non-hydrogen) atoms. The number of carbonyl (C=O) groups excluding carboxylic acids is 1. The van der Waals surface area contributed by atoms with Gasteiger partial charge in [-0.25, -0.2) is 4.79 Å². The molecule has 0 aromatic heterocycles. The number of nitrogens with one attached hydrogen (secondary N) is 2. The van der Waals surface area contributed by atoms with Crippen molar-refractivity contribution in [1.82, 2.24) is 10.6 Å². The number of carbonyl (C=O) groups is 2. The van der Waals surface area contributed by atoms with Crippen LogP contribution in [-0.4, -0.2) is 40.7 Å². The number of carboxylic acids is 1. The summed E-state index contributed by atoms with van der Waals surface area (Å²) in [7, 11) is 0. The minimum Gasteiger partial charge on any atom is -0.481 e. The minimum atomic E-state index is -0.837. The van der Waals surface area contributed by atoms with Crippen molar-refractivity contribution in [3.8, 4) is 0 Å². The first-order chi connectivity index (χ1) is 9.60. The van der Waals surface area contributed by atoms with Crippen molar-refractivity contribution in [3.63, 3.8) is 0 Å². The van der Waals surface area contributed by atoms with E-state index < -0.39 is 11.5 Å². The molecule has 0 atom stereocenters. The molecule has 2 aliphatic rings. The average molecular weight is 300 g/mol.